The SMILES string of the molecule is O=C(Nc1ncn[nH]1)[C@@H]1CCCN(c2ccc(Cl)nn2)C1. The zero-order valence-corrected chi connectivity index (χ0v) is 11.9. The Morgan fingerprint density at radius 3 is 3.05 bits per heavy atom. The van der Waals surface area contributed by atoms with Gasteiger partial charge in [0.1, 0.15) is 6.33 Å². The highest BCUT2D eigenvalue weighted by Crippen LogP contribution is 2.22. The van der Waals surface area contributed by atoms with E-state index >= 15 is 0 Å². The van der Waals surface area contributed by atoms with Gasteiger partial charge in [-0.1, -0.05) is 11.6 Å². The number of carbonyl (C=O) groups excluding carboxylic acids is 1. The minimum atomic E-state index is -0.124. The van der Waals surface area contributed by atoms with Crippen molar-refractivity contribution in [1.82, 2.24) is 25.4 Å². The van der Waals surface area contributed by atoms with Gasteiger partial charge in [-0.15, -0.1) is 10.2 Å². The number of amides is 1. The fraction of sp³-hybridized carbons (Fsp3) is 0.417. The van der Waals surface area contributed by atoms with Crippen LogP contribution in [0.25, 0.3) is 0 Å². The smallest absolute Gasteiger partial charge is 0.231 e. The molecule has 0 bridgehead atoms. The highest BCUT2D eigenvalue weighted by molar-refractivity contribution is 6.29. The van der Waals surface area contributed by atoms with Crippen molar-refractivity contribution in [3.63, 3.8) is 0 Å². The van der Waals surface area contributed by atoms with Crippen LogP contribution in [0.4, 0.5) is 11.8 Å². The summed E-state index contributed by atoms with van der Waals surface area (Å²) in [7, 11) is 0. The molecule has 2 N–H and O–H groups in total. The average molecular weight is 308 g/mol. The lowest BCUT2D eigenvalue weighted by Crippen LogP contribution is -2.41. The molecule has 21 heavy (non-hydrogen) atoms. The Kier molecular flexibility index (Phi) is 3.96. The number of halogens is 1. The molecule has 0 radical (unpaired) electrons. The largest absolute Gasteiger partial charge is 0.354 e. The molecule has 1 aliphatic heterocycles. The molecule has 1 atom stereocenters. The van der Waals surface area contributed by atoms with Crippen molar-refractivity contribution >= 4 is 29.3 Å². The Balaban J connectivity index is 1.65. The van der Waals surface area contributed by atoms with E-state index in [1.54, 1.807) is 6.07 Å². The van der Waals surface area contributed by atoms with E-state index in [-0.39, 0.29) is 11.8 Å². The molecule has 0 saturated carbocycles. The van der Waals surface area contributed by atoms with Crippen molar-refractivity contribution in [3.8, 4) is 0 Å². The van der Waals surface area contributed by atoms with E-state index in [2.05, 4.69) is 30.7 Å². The van der Waals surface area contributed by atoms with Crippen molar-refractivity contribution in [3.05, 3.63) is 23.6 Å². The number of hydrogen-bond donors (Lipinski definition) is 2. The number of hydrogen-bond acceptors (Lipinski definition) is 6. The zero-order valence-electron chi connectivity index (χ0n) is 11.2. The van der Waals surface area contributed by atoms with Crippen LogP contribution in [0, 0.1) is 5.92 Å². The molecule has 9 heteroatoms. The number of rotatable bonds is 3. The van der Waals surface area contributed by atoms with E-state index in [1.807, 2.05) is 11.0 Å². The maximum atomic E-state index is 12.2. The van der Waals surface area contributed by atoms with Gasteiger partial charge in [0.15, 0.2) is 11.0 Å². The summed E-state index contributed by atoms with van der Waals surface area (Å²) in [4.78, 5) is 18.1. The van der Waals surface area contributed by atoms with Gasteiger partial charge in [0, 0.05) is 13.1 Å². The minimum absolute atomic E-state index is 0.0710. The highest BCUT2D eigenvalue weighted by atomic mass is 35.5. The van der Waals surface area contributed by atoms with Crippen molar-refractivity contribution < 1.29 is 4.79 Å². The monoisotopic (exact) mass is 307 g/mol. The lowest BCUT2D eigenvalue weighted by atomic mass is 9.97. The third kappa shape index (κ3) is 3.27. The summed E-state index contributed by atoms with van der Waals surface area (Å²) in [6, 6.07) is 3.51. The molecule has 1 saturated heterocycles. The summed E-state index contributed by atoms with van der Waals surface area (Å²) in [6.45, 7) is 1.44. The first-order chi connectivity index (χ1) is 10.2. The Hall–Kier alpha value is -2.22. The summed E-state index contributed by atoms with van der Waals surface area (Å²) < 4.78 is 0. The van der Waals surface area contributed by atoms with Gasteiger partial charge >= 0.3 is 0 Å². The van der Waals surface area contributed by atoms with Crippen LogP contribution >= 0.6 is 11.6 Å². The number of H-pyrrole nitrogens is 1. The standard InChI is InChI=1S/C12H14ClN7O/c13-9-3-4-10(18-17-9)20-5-1-2-8(6-20)11(21)16-12-14-7-15-19-12/h3-4,7-8H,1-2,5-6H2,(H2,14,15,16,19,21)/t8-/m1/s1. The van der Waals surface area contributed by atoms with E-state index in [1.165, 1.54) is 6.33 Å². The molecule has 2 aromatic rings. The molecule has 3 rings (SSSR count). The molecule has 1 amide bonds. The maximum Gasteiger partial charge on any atom is 0.231 e. The van der Waals surface area contributed by atoms with E-state index < -0.39 is 0 Å². The second-order valence-corrected chi connectivity index (χ2v) is 5.21. The maximum absolute atomic E-state index is 12.2. The summed E-state index contributed by atoms with van der Waals surface area (Å²) in [6.07, 6.45) is 3.10. The van der Waals surface area contributed by atoms with Crippen LogP contribution in [-0.4, -0.2) is 44.4 Å². The zero-order chi connectivity index (χ0) is 14.7. The van der Waals surface area contributed by atoms with Gasteiger partial charge in [0.25, 0.3) is 0 Å². The van der Waals surface area contributed by atoms with Crippen LogP contribution in [0.2, 0.25) is 5.15 Å². The van der Waals surface area contributed by atoms with Crippen molar-refractivity contribution in [2.75, 3.05) is 23.3 Å². The van der Waals surface area contributed by atoms with Gasteiger partial charge in [-0.2, -0.15) is 10.1 Å². The van der Waals surface area contributed by atoms with E-state index in [4.69, 9.17) is 11.6 Å². The lowest BCUT2D eigenvalue weighted by molar-refractivity contribution is -0.120. The normalized spacial score (nSPS) is 18.5. The number of nitrogens with one attached hydrogen (secondary N) is 2. The molecule has 2 aromatic heterocycles. The van der Waals surface area contributed by atoms with Gasteiger partial charge in [-0.3, -0.25) is 10.1 Å². The highest BCUT2D eigenvalue weighted by Gasteiger charge is 2.27. The second kappa shape index (κ2) is 6.04. The van der Waals surface area contributed by atoms with E-state index in [9.17, 15) is 4.79 Å². The first-order valence-corrected chi connectivity index (χ1v) is 7.00. The fourth-order valence-electron chi connectivity index (χ4n) is 2.36. The third-order valence-corrected chi connectivity index (χ3v) is 3.59. The third-order valence-electron chi connectivity index (χ3n) is 3.39. The van der Waals surface area contributed by atoms with Gasteiger partial charge in [-0.05, 0) is 25.0 Å². The van der Waals surface area contributed by atoms with Gasteiger partial charge in [0.2, 0.25) is 11.9 Å². The molecule has 8 nitrogen and oxygen atoms in total. The predicted molar refractivity (Wildman–Crippen MR) is 77.0 cm³/mol. The van der Waals surface area contributed by atoms with Crippen LogP contribution < -0.4 is 10.2 Å². The number of anilines is 2. The summed E-state index contributed by atoms with van der Waals surface area (Å²) in [5.74, 6) is 0.902. The first-order valence-electron chi connectivity index (χ1n) is 6.63. The Bertz CT molecular complexity index is 601. The van der Waals surface area contributed by atoms with Crippen LogP contribution in [0.1, 0.15) is 12.8 Å². The fourth-order valence-corrected chi connectivity index (χ4v) is 2.46. The topological polar surface area (TPSA) is 99.7 Å². The number of carbonyl (C=O) groups is 1. The number of nitrogens with zero attached hydrogens (tertiary/aromatic N) is 5. The van der Waals surface area contributed by atoms with Crippen LogP contribution in [0.5, 0.6) is 0 Å². The average Bonchev–Trinajstić information content (AvgIpc) is 3.01. The van der Waals surface area contributed by atoms with Crippen LogP contribution in [0.3, 0.4) is 0 Å². The molecular weight excluding hydrogens is 294 g/mol. The molecule has 1 aliphatic rings. The Labute approximate surface area is 125 Å². The number of aromatic nitrogens is 5. The Morgan fingerprint density at radius 2 is 2.33 bits per heavy atom. The van der Waals surface area contributed by atoms with E-state index in [0.717, 1.165) is 25.2 Å². The molecule has 0 aliphatic carbocycles. The predicted octanol–water partition coefficient (Wildman–Crippen LogP) is 1.10. The Morgan fingerprint density at radius 1 is 1.43 bits per heavy atom. The molecule has 0 aromatic carbocycles. The van der Waals surface area contributed by atoms with Crippen molar-refractivity contribution in [2.45, 2.75) is 12.8 Å². The van der Waals surface area contributed by atoms with E-state index in [0.29, 0.717) is 17.6 Å². The van der Waals surface area contributed by atoms with Crippen molar-refractivity contribution in [1.29, 1.82) is 0 Å². The second-order valence-electron chi connectivity index (χ2n) is 4.82. The van der Waals surface area contributed by atoms with Crippen molar-refractivity contribution in [2.24, 2.45) is 5.92 Å². The molecule has 0 spiro atoms. The number of aromatic amines is 1. The summed E-state index contributed by atoms with van der Waals surface area (Å²) >= 11 is 5.74. The van der Waals surface area contributed by atoms with Crippen LogP contribution in [0.15, 0.2) is 18.5 Å². The first kappa shape index (κ1) is 13.7. The van der Waals surface area contributed by atoms with Gasteiger partial charge in [0.05, 0.1) is 5.92 Å². The molecular formula is C12H14ClN7O. The molecule has 1 fully saturated rings. The lowest BCUT2D eigenvalue weighted by Gasteiger charge is -2.32. The molecule has 110 valence electrons. The number of piperidine rings is 1. The van der Waals surface area contributed by atoms with Gasteiger partial charge in [-0.25, -0.2) is 5.10 Å². The summed E-state index contributed by atoms with van der Waals surface area (Å²) in [5, 5.41) is 17.3. The van der Waals surface area contributed by atoms with Crippen LogP contribution in [-0.2, 0) is 4.79 Å². The quantitative estimate of drug-likeness (QED) is 0.881. The summed E-state index contributed by atoms with van der Waals surface area (Å²) in [5.41, 5.74) is 0. The molecule has 0 unspecified atom stereocenters. The minimum Gasteiger partial charge on any atom is -0.354 e. The molecule has 3 heterocycles. The van der Waals surface area contributed by atoms with Gasteiger partial charge < -0.3 is 4.90 Å².